The minimum absolute atomic E-state index is 0.604. The maximum absolute atomic E-state index is 12.7. The SMILES string of the molecule is Cc1nc2c(c3c(n2Cc2cnn(C)c2)CCCCC3)c(-c2ccc(Cl)cc2)c1[C@H](OC(C)(C)C)C(=O)O. The van der Waals surface area contributed by atoms with E-state index in [4.69, 9.17) is 21.3 Å². The molecule has 3 heterocycles. The third-order valence-electron chi connectivity index (χ3n) is 7.17. The molecule has 0 bridgehead atoms. The van der Waals surface area contributed by atoms with E-state index in [1.54, 1.807) is 0 Å². The average molecular weight is 535 g/mol. The van der Waals surface area contributed by atoms with E-state index in [0.29, 0.717) is 22.8 Å². The molecule has 0 radical (unpaired) electrons. The molecule has 7 nitrogen and oxygen atoms in total. The number of nitrogens with zero attached hydrogens (tertiary/aromatic N) is 4. The van der Waals surface area contributed by atoms with Crippen LogP contribution in [0, 0.1) is 6.92 Å². The van der Waals surface area contributed by atoms with Crippen molar-refractivity contribution in [3.05, 3.63) is 69.8 Å². The summed E-state index contributed by atoms with van der Waals surface area (Å²) in [5, 5.41) is 16.4. The molecule has 1 aliphatic carbocycles. The Balaban J connectivity index is 1.87. The van der Waals surface area contributed by atoms with Gasteiger partial charge in [0.2, 0.25) is 0 Å². The first-order valence-electron chi connectivity index (χ1n) is 13.2. The summed E-state index contributed by atoms with van der Waals surface area (Å²) >= 11 is 6.28. The summed E-state index contributed by atoms with van der Waals surface area (Å²) in [6, 6.07) is 7.65. The highest BCUT2D eigenvalue weighted by Gasteiger charge is 2.34. The Labute approximate surface area is 228 Å². The highest BCUT2D eigenvalue weighted by Crippen LogP contribution is 2.44. The molecule has 0 saturated carbocycles. The zero-order valence-corrected chi connectivity index (χ0v) is 23.5. The van der Waals surface area contributed by atoms with Crippen LogP contribution in [0.5, 0.6) is 0 Å². The van der Waals surface area contributed by atoms with Crippen molar-refractivity contribution < 1.29 is 14.6 Å². The molecule has 1 atom stereocenters. The fourth-order valence-electron chi connectivity index (χ4n) is 5.67. The Kier molecular flexibility index (Phi) is 7.09. The van der Waals surface area contributed by atoms with Gasteiger partial charge in [0.05, 0.1) is 18.3 Å². The molecule has 5 rings (SSSR count). The first-order valence-corrected chi connectivity index (χ1v) is 13.6. The molecule has 38 heavy (non-hydrogen) atoms. The fraction of sp³-hybridized carbons (Fsp3) is 0.433. The summed E-state index contributed by atoms with van der Waals surface area (Å²) < 4.78 is 10.3. The molecular weight excluding hydrogens is 500 g/mol. The number of aliphatic carboxylic acids is 1. The van der Waals surface area contributed by atoms with E-state index in [1.807, 2.05) is 76.1 Å². The van der Waals surface area contributed by atoms with Gasteiger partial charge in [0, 0.05) is 51.7 Å². The van der Waals surface area contributed by atoms with Crippen LogP contribution in [0.25, 0.3) is 22.2 Å². The predicted octanol–water partition coefficient (Wildman–Crippen LogP) is 6.66. The number of carboxylic acids is 1. The van der Waals surface area contributed by atoms with Crippen molar-refractivity contribution >= 4 is 28.6 Å². The first kappa shape index (κ1) is 26.4. The van der Waals surface area contributed by atoms with Gasteiger partial charge in [0.25, 0.3) is 0 Å². The van der Waals surface area contributed by atoms with E-state index < -0.39 is 17.7 Å². The molecule has 0 spiro atoms. The van der Waals surface area contributed by atoms with Crippen LogP contribution in [0.2, 0.25) is 5.02 Å². The van der Waals surface area contributed by atoms with Crippen LogP contribution in [0.4, 0.5) is 0 Å². The van der Waals surface area contributed by atoms with Crippen molar-refractivity contribution in [2.45, 2.75) is 78.0 Å². The Morgan fingerprint density at radius 1 is 1.16 bits per heavy atom. The normalized spacial score (nSPS) is 14.9. The molecule has 0 amide bonds. The van der Waals surface area contributed by atoms with E-state index in [2.05, 4.69) is 9.67 Å². The van der Waals surface area contributed by atoms with E-state index in [0.717, 1.165) is 59.8 Å². The first-order chi connectivity index (χ1) is 18.0. The van der Waals surface area contributed by atoms with Gasteiger partial charge in [-0.05, 0) is 76.6 Å². The van der Waals surface area contributed by atoms with Crippen molar-refractivity contribution in [3.63, 3.8) is 0 Å². The molecule has 3 aromatic heterocycles. The van der Waals surface area contributed by atoms with Gasteiger partial charge in [0.15, 0.2) is 6.10 Å². The minimum Gasteiger partial charge on any atom is -0.479 e. The third kappa shape index (κ3) is 5.09. The topological polar surface area (TPSA) is 82.2 Å². The van der Waals surface area contributed by atoms with Gasteiger partial charge in [-0.25, -0.2) is 9.78 Å². The van der Waals surface area contributed by atoms with Crippen molar-refractivity contribution in [1.29, 1.82) is 0 Å². The Morgan fingerprint density at radius 3 is 2.50 bits per heavy atom. The van der Waals surface area contributed by atoms with Gasteiger partial charge >= 0.3 is 5.97 Å². The standard InChI is InChI=1S/C30H35ClN4O3/c1-18-24(27(29(36)37)38-30(2,3)4)25(20-11-13-21(31)14-12-20)26-22-9-7-6-8-10-23(22)35(28(26)33-18)17-19-15-32-34(5)16-19/h11-16,27H,6-10,17H2,1-5H3,(H,36,37)/t27-/m0/s1. The van der Waals surface area contributed by atoms with Crippen LogP contribution < -0.4 is 0 Å². The van der Waals surface area contributed by atoms with Gasteiger partial charge in [-0.3, -0.25) is 4.68 Å². The summed E-state index contributed by atoms with van der Waals surface area (Å²) in [5.74, 6) is -1.03. The number of carboxylic acid groups (broad SMARTS) is 1. The second kappa shape index (κ2) is 10.2. The van der Waals surface area contributed by atoms with Crippen LogP contribution >= 0.6 is 11.6 Å². The number of pyridine rings is 1. The number of fused-ring (bicyclic) bond motifs is 3. The highest BCUT2D eigenvalue weighted by molar-refractivity contribution is 6.30. The van der Waals surface area contributed by atoms with Crippen LogP contribution in [0.3, 0.4) is 0 Å². The molecule has 0 saturated heterocycles. The number of carbonyl (C=O) groups is 1. The van der Waals surface area contributed by atoms with Crippen molar-refractivity contribution in [2.24, 2.45) is 7.05 Å². The monoisotopic (exact) mass is 534 g/mol. The maximum Gasteiger partial charge on any atom is 0.337 e. The number of hydrogen-bond acceptors (Lipinski definition) is 4. The lowest BCUT2D eigenvalue weighted by Crippen LogP contribution is -2.28. The number of hydrogen-bond donors (Lipinski definition) is 1. The van der Waals surface area contributed by atoms with Crippen LogP contribution in [0.1, 0.15) is 74.2 Å². The smallest absolute Gasteiger partial charge is 0.337 e. The molecule has 0 aliphatic heterocycles. The number of aromatic nitrogens is 4. The van der Waals surface area contributed by atoms with Gasteiger partial charge in [-0.2, -0.15) is 5.10 Å². The molecular formula is C30H35ClN4O3. The maximum atomic E-state index is 12.7. The zero-order valence-electron chi connectivity index (χ0n) is 22.7. The summed E-state index contributed by atoms with van der Waals surface area (Å²) in [6.45, 7) is 8.18. The summed E-state index contributed by atoms with van der Waals surface area (Å²) in [5.41, 5.74) is 6.92. The van der Waals surface area contributed by atoms with Crippen LogP contribution in [0.15, 0.2) is 36.7 Å². The predicted molar refractivity (Wildman–Crippen MR) is 150 cm³/mol. The van der Waals surface area contributed by atoms with Crippen molar-refractivity contribution in [3.8, 4) is 11.1 Å². The molecule has 0 unspecified atom stereocenters. The second-order valence-corrected chi connectivity index (χ2v) is 11.7. The van der Waals surface area contributed by atoms with Crippen LogP contribution in [-0.2, 0) is 36.0 Å². The summed E-state index contributed by atoms with van der Waals surface area (Å²) in [4.78, 5) is 17.8. The van der Waals surface area contributed by atoms with Gasteiger partial charge in [-0.15, -0.1) is 0 Å². The van der Waals surface area contributed by atoms with E-state index in [1.165, 1.54) is 11.3 Å². The number of halogens is 1. The third-order valence-corrected chi connectivity index (χ3v) is 7.42. The fourth-order valence-corrected chi connectivity index (χ4v) is 5.80. The van der Waals surface area contributed by atoms with Gasteiger partial charge < -0.3 is 14.4 Å². The minimum atomic E-state index is -1.17. The van der Waals surface area contributed by atoms with Crippen LogP contribution in [-0.4, -0.2) is 36.0 Å². The number of ether oxygens (including phenoxy) is 1. The average Bonchev–Trinajstić information content (AvgIpc) is 3.26. The summed E-state index contributed by atoms with van der Waals surface area (Å²) in [6.07, 6.45) is 8.01. The Bertz CT molecular complexity index is 1490. The Morgan fingerprint density at radius 2 is 1.87 bits per heavy atom. The molecule has 200 valence electrons. The zero-order chi connectivity index (χ0) is 27.2. The van der Waals surface area contributed by atoms with Gasteiger partial charge in [-0.1, -0.05) is 30.2 Å². The van der Waals surface area contributed by atoms with E-state index in [9.17, 15) is 9.90 Å². The van der Waals surface area contributed by atoms with Crippen molar-refractivity contribution in [1.82, 2.24) is 19.3 Å². The lowest BCUT2D eigenvalue weighted by atomic mass is 9.90. The molecule has 8 heteroatoms. The molecule has 0 fully saturated rings. The second-order valence-electron chi connectivity index (χ2n) is 11.2. The number of rotatable bonds is 6. The quantitative estimate of drug-likeness (QED) is 0.280. The lowest BCUT2D eigenvalue weighted by molar-refractivity contribution is -0.160. The lowest BCUT2D eigenvalue weighted by Gasteiger charge is -2.28. The van der Waals surface area contributed by atoms with Gasteiger partial charge in [0.1, 0.15) is 5.65 Å². The largest absolute Gasteiger partial charge is 0.479 e. The van der Waals surface area contributed by atoms with E-state index in [-0.39, 0.29) is 0 Å². The number of aryl methyl sites for hydroxylation is 3. The van der Waals surface area contributed by atoms with E-state index >= 15 is 0 Å². The molecule has 4 aromatic rings. The molecule has 1 aliphatic rings. The highest BCUT2D eigenvalue weighted by atomic mass is 35.5. The summed E-state index contributed by atoms with van der Waals surface area (Å²) in [7, 11) is 1.92. The van der Waals surface area contributed by atoms with Crippen molar-refractivity contribution in [2.75, 3.05) is 0 Å². The Hall–Kier alpha value is -3.16. The molecule has 1 aromatic carbocycles. The number of benzene rings is 1. The molecule has 1 N–H and O–H groups in total.